The number of aryl methyl sites for hydroxylation is 1. The van der Waals surface area contributed by atoms with E-state index in [1.807, 2.05) is 6.92 Å². The molecule has 1 aromatic rings. The van der Waals surface area contributed by atoms with Crippen LogP contribution in [0.5, 0.6) is 0 Å². The lowest BCUT2D eigenvalue weighted by Crippen LogP contribution is -2.15. The monoisotopic (exact) mass is 183 g/mol. The average Bonchev–Trinajstić information content (AvgIpc) is 2.05. The maximum Gasteiger partial charge on any atom is 0.141 e. The smallest absolute Gasteiger partial charge is 0.141 e. The molecule has 0 spiro atoms. The summed E-state index contributed by atoms with van der Waals surface area (Å²) in [6.45, 7) is 8.36. The first-order chi connectivity index (χ1) is 5.56. The molecule has 4 heteroatoms. The van der Waals surface area contributed by atoms with Gasteiger partial charge in [-0.15, -0.1) is 8.58 Å². The molecule has 0 N–H and O–H groups in total. The van der Waals surface area contributed by atoms with Crippen molar-refractivity contribution in [3.05, 3.63) is 18.0 Å². The molecule has 1 rings (SSSR count). The second kappa shape index (κ2) is 3.44. The maximum absolute atomic E-state index is 4.30. The highest BCUT2D eigenvalue weighted by Gasteiger charge is 2.21. The summed E-state index contributed by atoms with van der Waals surface area (Å²) in [4.78, 5) is 12.4. The van der Waals surface area contributed by atoms with E-state index in [0.717, 1.165) is 20.2 Å². The minimum Gasteiger partial charge on any atom is -0.222 e. The van der Waals surface area contributed by atoms with Gasteiger partial charge in [-0.1, -0.05) is 0 Å². The molecule has 0 radical (unpaired) electrons. The van der Waals surface area contributed by atoms with Crippen LogP contribution in [0, 0.1) is 6.92 Å². The zero-order valence-corrected chi connectivity index (χ0v) is 8.92. The molecule has 0 aliphatic carbocycles. The van der Waals surface area contributed by atoms with E-state index in [-0.39, 0.29) is 5.16 Å². The number of hydrogen-bond acceptors (Lipinski definition) is 3. The molecule has 1 heterocycles. The molecule has 1 aromatic heterocycles. The van der Waals surface area contributed by atoms with E-state index in [0.29, 0.717) is 0 Å². The molecule has 66 valence electrons. The van der Waals surface area contributed by atoms with Gasteiger partial charge in [0, 0.05) is 5.16 Å². The van der Waals surface area contributed by atoms with E-state index in [1.165, 1.54) is 0 Å². The second-order valence-electron chi connectivity index (χ2n) is 3.23. The van der Waals surface area contributed by atoms with Gasteiger partial charge in [0.2, 0.25) is 0 Å². The van der Waals surface area contributed by atoms with Crippen molar-refractivity contribution in [2.45, 2.75) is 25.9 Å². The van der Waals surface area contributed by atoms with Gasteiger partial charge in [-0.05, 0) is 27.4 Å². The third-order valence-electron chi connectivity index (χ3n) is 1.88. The Kier molecular flexibility index (Phi) is 2.73. The predicted molar refractivity (Wildman–Crippen MR) is 51.8 cm³/mol. The average molecular weight is 183 g/mol. The van der Waals surface area contributed by atoms with Crippen LogP contribution >= 0.6 is 8.58 Å². The minimum absolute atomic E-state index is 0.0910. The number of aromatic nitrogens is 3. The van der Waals surface area contributed by atoms with Crippen LogP contribution in [0.25, 0.3) is 0 Å². The highest BCUT2D eigenvalue weighted by Crippen LogP contribution is 2.35. The molecular weight excluding hydrogens is 169 g/mol. The van der Waals surface area contributed by atoms with Gasteiger partial charge in [0.1, 0.15) is 18.0 Å². The standard InChI is InChI=1S/C8H14N3P/c1-6-9-5-10-7(11-6)8(2,3)12-4/h5,12H,1-4H3. The Morgan fingerprint density at radius 1 is 1.33 bits per heavy atom. The zero-order chi connectivity index (χ0) is 9.19. The van der Waals surface area contributed by atoms with Gasteiger partial charge < -0.3 is 0 Å². The van der Waals surface area contributed by atoms with Crippen LogP contribution in [0.1, 0.15) is 25.5 Å². The van der Waals surface area contributed by atoms with E-state index in [1.54, 1.807) is 6.33 Å². The first-order valence-electron chi connectivity index (χ1n) is 3.91. The molecule has 0 amide bonds. The van der Waals surface area contributed by atoms with Crippen molar-refractivity contribution >= 4 is 8.58 Å². The molecule has 0 aliphatic heterocycles. The van der Waals surface area contributed by atoms with Gasteiger partial charge in [0.15, 0.2) is 0 Å². The van der Waals surface area contributed by atoms with Crippen LogP contribution < -0.4 is 0 Å². The van der Waals surface area contributed by atoms with Crippen molar-refractivity contribution in [2.24, 2.45) is 0 Å². The fraction of sp³-hybridized carbons (Fsp3) is 0.625. The van der Waals surface area contributed by atoms with Gasteiger partial charge in [-0.3, -0.25) is 0 Å². The molecule has 1 unspecified atom stereocenters. The zero-order valence-electron chi connectivity index (χ0n) is 7.92. The molecular formula is C8H14N3P. The first-order valence-corrected chi connectivity index (χ1v) is 5.41. The summed E-state index contributed by atoms with van der Waals surface area (Å²) in [6, 6.07) is 0. The topological polar surface area (TPSA) is 38.7 Å². The van der Waals surface area contributed by atoms with Crippen LogP contribution in [0.2, 0.25) is 0 Å². The lowest BCUT2D eigenvalue weighted by molar-refractivity contribution is 0.683. The molecule has 0 saturated carbocycles. The summed E-state index contributed by atoms with van der Waals surface area (Å²) in [6.07, 6.45) is 1.58. The largest absolute Gasteiger partial charge is 0.222 e. The Labute approximate surface area is 74.8 Å². The van der Waals surface area contributed by atoms with Gasteiger partial charge in [0.25, 0.3) is 0 Å². The first kappa shape index (κ1) is 9.53. The van der Waals surface area contributed by atoms with Gasteiger partial charge in [-0.25, -0.2) is 15.0 Å². The van der Waals surface area contributed by atoms with E-state index < -0.39 is 0 Å². The van der Waals surface area contributed by atoms with Crippen LogP contribution in [0.15, 0.2) is 6.33 Å². The predicted octanol–water partition coefficient (Wildman–Crippen LogP) is 1.72. The highest BCUT2D eigenvalue weighted by atomic mass is 31.1. The Morgan fingerprint density at radius 2 is 2.00 bits per heavy atom. The van der Waals surface area contributed by atoms with E-state index >= 15 is 0 Å². The van der Waals surface area contributed by atoms with Crippen molar-refractivity contribution in [1.29, 1.82) is 0 Å². The molecule has 12 heavy (non-hydrogen) atoms. The summed E-state index contributed by atoms with van der Waals surface area (Å²) in [5.74, 6) is 1.70. The van der Waals surface area contributed by atoms with Crippen LogP contribution in [-0.4, -0.2) is 21.6 Å². The molecule has 1 atom stereocenters. The normalized spacial score (nSPS) is 12.7. The number of hydrogen-bond donors (Lipinski definition) is 0. The molecule has 0 aliphatic rings. The fourth-order valence-electron chi connectivity index (χ4n) is 0.791. The Bertz CT molecular complexity index is 273. The third kappa shape index (κ3) is 1.98. The quantitative estimate of drug-likeness (QED) is 0.655. The summed E-state index contributed by atoms with van der Waals surface area (Å²) >= 11 is 0. The SMILES string of the molecule is CPC(C)(C)c1ncnc(C)n1. The molecule has 0 aromatic carbocycles. The van der Waals surface area contributed by atoms with E-state index in [9.17, 15) is 0 Å². The second-order valence-corrected chi connectivity index (χ2v) is 4.98. The Hall–Kier alpha value is -0.560. The van der Waals surface area contributed by atoms with Crippen molar-refractivity contribution in [3.8, 4) is 0 Å². The van der Waals surface area contributed by atoms with Crippen LogP contribution in [-0.2, 0) is 5.16 Å². The van der Waals surface area contributed by atoms with Crippen molar-refractivity contribution < 1.29 is 0 Å². The third-order valence-corrected chi connectivity index (χ3v) is 3.35. The Morgan fingerprint density at radius 3 is 2.50 bits per heavy atom. The van der Waals surface area contributed by atoms with Crippen LogP contribution in [0.4, 0.5) is 0 Å². The lowest BCUT2D eigenvalue weighted by atomic mass is 10.2. The molecule has 0 bridgehead atoms. The van der Waals surface area contributed by atoms with Crippen molar-refractivity contribution in [1.82, 2.24) is 15.0 Å². The van der Waals surface area contributed by atoms with E-state index in [2.05, 4.69) is 35.5 Å². The van der Waals surface area contributed by atoms with Gasteiger partial charge in [-0.2, -0.15) is 0 Å². The van der Waals surface area contributed by atoms with Gasteiger partial charge >= 0.3 is 0 Å². The summed E-state index contributed by atoms with van der Waals surface area (Å²) in [5, 5.41) is 0.0910. The molecule has 0 fully saturated rings. The summed E-state index contributed by atoms with van der Waals surface area (Å²) < 4.78 is 0. The number of rotatable bonds is 2. The lowest BCUT2D eigenvalue weighted by Gasteiger charge is -2.20. The Balaban J connectivity index is 3.03. The maximum atomic E-state index is 4.30. The van der Waals surface area contributed by atoms with Crippen LogP contribution in [0.3, 0.4) is 0 Å². The summed E-state index contributed by atoms with van der Waals surface area (Å²) in [5.41, 5.74) is 0. The molecule has 3 nitrogen and oxygen atoms in total. The van der Waals surface area contributed by atoms with Crippen molar-refractivity contribution in [3.63, 3.8) is 0 Å². The molecule has 0 saturated heterocycles. The minimum atomic E-state index is 0.0910. The highest BCUT2D eigenvalue weighted by molar-refractivity contribution is 7.38. The fourth-order valence-corrected chi connectivity index (χ4v) is 1.14. The van der Waals surface area contributed by atoms with Gasteiger partial charge in [0.05, 0.1) is 0 Å². The van der Waals surface area contributed by atoms with E-state index in [4.69, 9.17) is 0 Å². The number of nitrogens with zero attached hydrogens (tertiary/aromatic N) is 3. The van der Waals surface area contributed by atoms with Crippen molar-refractivity contribution in [2.75, 3.05) is 6.66 Å². The summed E-state index contributed by atoms with van der Waals surface area (Å²) in [7, 11) is 0.805.